The Hall–Kier alpha value is -1.12. The Morgan fingerprint density at radius 3 is 2.89 bits per heavy atom. The first-order chi connectivity index (χ1) is 9.17. The summed E-state index contributed by atoms with van der Waals surface area (Å²) in [4.78, 5) is 2.01. The summed E-state index contributed by atoms with van der Waals surface area (Å²) in [5, 5.41) is 19.4. The van der Waals surface area contributed by atoms with E-state index in [0.29, 0.717) is 37.7 Å². The molecule has 5 heteroatoms. The van der Waals surface area contributed by atoms with Crippen LogP contribution in [0.1, 0.15) is 18.1 Å². The maximum Gasteiger partial charge on any atom is 0.0917 e. The van der Waals surface area contributed by atoms with Crippen molar-refractivity contribution in [3.63, 3.8) is 0 Å². The first kappa shape index (κ1) is 15.9. The lowest BCUT2D eigenvalue weighted by atomic mass is 10.1. The SMILES string of the molecule is COCCN(CCC#N)CC(O)c1cccc(Cl)c1. The van der Waals surface area contributed by atoms with Crippen LogP contribution in [0.2, 0.25) is 5.02 Å². The Labute approximate surface area is 119 Å². The topological polar surface area (TPSA) is 56.5 Å². The lowest BCUT2D eigenvalue weighted by Crippen LogP contribution is -2.32. The number of aliphatic hydroxyl groups excluding tert-OH is 1. The maximum absolute atomic E-state index is 10.2. The van der Waals surface area contributed by atoms with Gasteiger partial charge in [-0.15, -0.1) is 0 Å². The van der Waals surface area contributed by atoms with Gasteiger partial charge < -0.3 is 9.84 Å². The predicted molar refractivity (Wildman–Crippen MR) is 75.0 cm³/mol. The maximum atomic E-state index is 10.2. The van der Waals surface area contributed by atoms with Gasteiger partial charge in [0.1, 0.15) is 0 Å². The molecule has 0 saturated heterocycles. The minimum atomic E-state index is -0.616. The lowest BCUT2D eigenvalue weighted by Gasteiger charge is -2.24. The molecule has 0 saturated carbocycles. The summed E-state index contributed by atoms with van der Waals surface area (Å²) in [6.07, 6.45) is -0.180. The number of methoxy groups -OCH3 is 1. The number of benzene rings is 1. The Kier molecular flexibility index (Phi) is 7.46. The Morgan fingerprint density at radius 1 is 1.47 bits per heavy atom. The summed E-state index contributed by atoms with van der Waals surface area (Å²) in [7, 11) is 1.63. The number of rotatable bonds is 8. The second-order valence-corrected chi connectivity index (χ2v) is 4.71. The zero-order valence-corrected chi connectivity index (χ0v) is 11.8. The number of nitrogens with zero attached hydrogens (tertiary/aromatic N) is 2. The normalized spacial score (nSPS) is 12.4. The van der Waals surface area contributed by atoms with Crippen molar-refractivity contribution in [3.8, 4) is 6.07 Å². The zero-order chi connectivity index (χ0) is 14.1. The van der Waals surface area contributed by atoms with Crippen LogP contribution in [0.3, 0.4) is 0 Å². The van der Waals surface area contributed by atoms with Gasteiger partial charge in [0.25, 0.3) is 0 Å². The van der Waals surface area contributed by atoms with Crippen molar-refractivity contribution in [2.75, 3.05) is 33.4 Å². The van der Waals surface area contributed by atoms with Crippen LogP contribution in [0.4, 0.5) is 0 Å². The van der Waals surface area contributed by atoms with Crippen LogP contribution in [-0.4, -0.2) is 43.4 Å². The fourth-order valence-corrected chi connectivity index (χ4v) is 1.99. The van der Waals surface area contributed by atoms with Gasteiger partial charge in [0, 0.05) is 38.2 Å². The van der Waals surface area contributed by atoms with E-state index in [2.05, 4.69) is 6.07 Å². The summed E-state index contributed by atoms with van der Waals surface area (Å²) < 4.78 is 5.03. The molecule has 0 heterocycles. The van der Waals surface area contributed by atoms with Crippen molar-refractivity contribution in [2.45, 2.75) is 12.5 Å². The summed E-state index contributed by atoms with van der Waals surface area (Å²) in [6.45, 7) is 2.35. The van der Waals surface area contributed by atoms with E-state index in [1.807, 2.05) is 17.0 Å². The summed E-state index contributed by atoms with van der Waals surface area (Å²) >= 11 is 5.90. The second kappa shape index (κ2) is 8.89. The molecule has 0 aliphatic heterocycles. The van der Waals surface area contributed by atoms with Gasteiger partial charge in [-0.05, 0) is 17.7 Å². The van der Waals surface area contributed by atoms with E-state index in [0.717, 1.165) is 5.56 Å². The molecular weight excluding hydrogens is 264 g/mol. The van der Waals surface area contributed by atoms with Crippen molar-refractivity contribution < 1.29 is 9.84 Å². The Balaban J connectivity index is 2.59. The lowest BCUT2D eigenvalue weighted by molar-refractivity contribution is 0.0902. The average Bonchev–Trinajstić information content (AvgIpc) is 2.41. The largest absolute Gasteiger partial charge is 0.387 e. The van der Waals surface area contributed by atoms with Crippen molar-refractivity contribution in [3.05, 3.63) is 34.9 Å². The molecule has 4 nitrogen and oxygen atoms in total. The van der Waals surface area contributed by atoms with Crippen molar-refractivity contribution in [1.82, 2.24) is 4.90 Å². The van der Waals surface area contributed by atoms with Crippen LogP contribution in [-0.2, 0) is 4.74 Å². The highest BCUT2D eigenvalue weighted by Gasteiger charge is 2.13. The van der Waals surface area contributed by atoms with E-state index in [-0.39, 0.29) is 0 Å². The highest BCUT2D eigenvalue weighted by molar-refractivity contribution is 6.30. The van der Waals surface area contributed by atoms with Crippen LogP contribution in [0, 0.1) is 11.3 Å². The summed E-state index contributed by atoms with van der Waals surface area (Å²) in [5.74, 6) is 0. The monoisotopic (exact) mass is 282 g/mol. The van der Waals surface area contributed by atoms with Crippen LogP contribution >= 0.6 is 11.6 Å². The number of nitriles is 1. The van der Waals surface area contributed by atoms with Crippen LogP contribution in [0.5, 0.6) is 0 Å². The number of hydrogen-bond donors (Lipinski definition) is 1. The van der Waals surface area contributed by atoms with E-state index in [1.54, 1.807) is 19.2 Å². The Morgan fingerprint density at radius 2 is 2.26 bits per heavy atom. The summed E-state index contributed by atoms with van der Waals surface area (Å²) in [5.41, 5.74) is 0.784. The summed E-state index contributed by atoms with van der Waals surface area (Å²) in [6, 6.07) is 9.30. The molecule has 0 amide bonds. The molecule has 1 rings (SSSR count). The second-order valence-electron chi connectivity index (χ2n) is 4.27. The third kappa shape index (κ3) is 6.04. The van der Waals surface area contributed by atoms with Gasteiger partial charge in [-0.1, -0.05) is 23.7 Å². The van der Waals surface area contributed by atoms with E-state index >= 15 is 0 Å². The van der Waals surface area contributed by atoms with Gasteiger partial charge in [-0.3, -0.25) is 4.90 Å². The van der Waals surface area contributed by atoms with Crippen LogP contribution in [0.15, 0.2) is 24.3 Å². The predicted octanol–water partition coefficient (Wildman–Crippen LogP) is 2.24. The minimum Gasteiger partial charge on any atom is -0.387 e. The third-order valence-electron chi connectivity index (χ3n) is 2.82. The van der Waals surface area contributed by atoms with E-state index in [1.165, 1.54) is 0 Å². The molecule has 19 heavy (non-hydrogen) atoms. The Bertz CT molecular complexity index is 420. The van der Waals surface area contributed by atoms with E-state index < -0.39 is 6.10 Å². The average molecular weight is 283 g/mol. The molecule has 0 fully saturated rings. The van der Waals surface area contributed by atoms with E-state index in [4.69, 9.17) is 21.6 Å². The van der Waals surface area contributed by atoms with Gasteiger partial charge >= 0.3 is 0 Å². The van der Waals surface area contributed by atoms with Crippen molar-refractivity contribution >= 4 is 11.6 Å². The quantitative estimate of drug-likeness (QED) is 0.794. The molecule has 0 aliphatic rings. The number of aliphatic hydroxyl groups is 1. The zero-order valence-electron chi connectivity index (χ0n) is 11.1. The number of ether oxygens (including phenoxy) is 1. The third-order valence-corrected chi connectivity index (χ3v) is 3.05. The van der Waals surface area contributed by atoms with Crippen LogP contribution < -0.4 is 0 Å². The standard InChI is InChI=1S/C14H19ClN2O2/c1-19-9-8-17(7-3-6-16)11-14(18)12-4-2-5-13(15)10-12/h2,4-5,10,14,18H,3,7-9,11H2,1H3. The first-order valence-corrected chi connectivity index (χ1v) is 6.57. The molecule has 0 spiro atoms. The molecule has 0 radical (unpaired) electrons. The fraction of sp³-hybridized carbons (Fsp3) is 0.500. The molecule has 0 aliphatic carbocycles. The molecule has 1 unspecified atom stereocenters. The molecule has 104 valence electrons. The van der Waals surface area contributed by atoms with Crippen molar-refractivity contribution in [1.29, 1.82) is 5.26 Å². The first-order valence-electron chi connectivity index (χ1n) is 6.19. The highest BCUT2D eigenvalue weighted by atomic mass is 35.5. The highest BCUT2D eigenvalue weighted by Crippen LogP contribution is 2.18. The molecule has 1 aromatic rings. The molecule has 0 bridgehead atoms. The number of hydrogen-bond acceptors (Lipinski definition) is 4. The smallest absolute Gasteiger partial charge is 0.0917 e. The fourth-order valence-electron chi connectivity index (χ4n) is 1.79. The minimum absolute atomic E-state index is 0.436. The van der Waals surface area contributed by atoms with Gasteiger partial charge in [0.2, 0.25) is 0 Å². The molecule has 1 aromatic carbocycles. The molecule has 0 aromatic heterocycles. The van der Waals surface area contributed by atoms with Crippen LogP contribution in [0.25, 0.3) is 0 Å². The van der Waals surface area contributed by atoms with E-state index in [9.17, 15) is 5.11 Å². The number of halogens is 1. The van der Waals surface area contributed by atoms with Gasteiger partial charge in [0.05, 0.1) is 18.8 Å². The van der Waals surface area contributed by atoms with Crippen molar-refractivity contribution in [2.24, 2.45) is 0 Å². The van der Waals surface area contributed by atoms with Gasteiger partial charge in [-0.25, -0.2) is 0 Å². The van der Waals surface area contributed by atoms with Gasteiger partial charge in [0.15, 0.2) is 0 Å². The van der Waals surface area contributed by atoms with Gasteiger partial charge in [-0.2, -0.15) is 5.26 Å². The molecule has 1 N–H and O–H groups in total. The molecule has 1 atom stereocenters. The molecular formula is C14H19ClN2O2.